The van der Waals surface area contributed by atoms with Crippen LogP contribution in [-0.2, 0) is 9.59 Å². The zero-order valence-electron chi connectivity index (χ0n) is 11.6. The normalized spacial score (nSPS) is 30.4. The van der Waals surface area contributed by atoms with Crippen molar-refractivity contribution >= 4 is 11.9 Å². The molecule has 3 unspecified atom stereocenters. The molecule has 2 fully saturated rings. The largest absolute Gasteiger partial charge is 0.479 e. The number of amides is 1. The van der Waals surface area contributed by atoms with Gasteiger partial charge >= 0.3 is 5.97 Å². The Morgan fingerprint density at radius 3 is 2.64 bits per heavy atom. The summed E-state index contributed by atoms with van der Waals surface area (Å²) in [6.45, 7) is -0.437. The van der Waals surface area contributed by atoms with Crippen molar-refractivity contribution in [2.24, 2.45) is 5.92 Å². The van der Waals surface area contributed by atoms with Crippen LogP contribution in [0.1, 0.15) is 24.3 Å². The predicted octanol–water partition coefficient (Wildman–Crippen LogP) is 2.09. The van der Waals surface area contributed by atoms with E-state index in [2.05, 4.69) is 0 Å². The van der Waals surface area contributed by atoms with Crippen molar-refractivity contribution in [1.82, 2.24) is 4.90 Å². The van der Waals surface area contributed by atoms with Crippen molar-refractivity contribution in [2.75, 3.05) is 13.1 Å². The Labute approximate surface area is 124 Å². The monoisotopic (exact) mass is 313 g/mol. The first-order valence-corrected chi connectivity index (χ1v) is 6.98. The van der Waals surface area contributed by atoms with E-state index in [1.165, 1.54) is 11.0 Å². The number of likely N-dealkylation sites (tertiary alicyclic amines) is 1. The highest BCUT2D eigenvalue weighted by molar-refractivity contribution is 5.86. The lowest BCUT2D eigenvalue weighted by atomic mass is 10.1. The van der Waals surface area contributed by atoms with Crippen LogP contribution in [0.2, 0.25) is 0 Å². The number of carbonyl (C=O) groups is 2. The molecule has 1 amide bonds. The Kier molecular flexibility index (Phi) is 3.38. The van der Waals surface area contributed by atoms with Crippen LogP contribution in [0.3, 0.4) is 0 Å². The molecule has 7 heteroatoms. The lowest BCUT2D eigenvalue weighted by Crippen LogP contribution is -2.39. The van der Waals surface area contributed by atoms with Gasteiger partial charge in [0.25, 0.3) is 0 Å². The molecule has 0 aromatic heterocycles. The van der Waals surface area contributed by atoms with Gasteiger partial charge in [-0.3, -0.25) is 4.79 Å². The fourth-order valence-electron chi connectivity index (χ4n) is 2.98. The first-order chi connectivity index (χ1) is 10.3. The van der Waals surface area contributed by atoms with Crippen molar-refractivity contribution in [3.05, 3.63) is 35.4 Å². The minimum atomic E-state index is -2.40. The molecule has 0 radical (unpaired) electrons. The van der Waals surface area contributed by atoms with Crippen LogP contribution in [-0.4, -0.2) is 40.6 Å². The number of carboxylic acid groups (broad SMARTS) is 1. The van der Waals surface area contributed by atoms with Crippen LogP contribution in [0.5, 0.6) is 0 Å². The number of benzene rings is 1. The Balaban J connectivity index is 1.68. The number of carbonyl (C=O) groups excluding carboxylic acids is 1. The van der Waals surface area contributed by atoms with Crippen LogP contribution in [0.15, 0.2) is 18.2 Å². The molecule has 1 aliphatic carbocycles. The zero-order valence-corrected chi connectivity index (χ0v) is 11.6. The summed E-state index contributed by atoms with van der Waals surface area (Å²) < 4.78 is 40.5. The van der Waals surface area contributed by atoms with Gasteiger partial charge in [-0.2, -0.15) is 0 Å². The van der Waals surface area contributed by atoms with Crippen LogP contribution < -0.4 is 0 Å². The Morgan fingerprint density at radius 2 is 2.05 bits per heavy atom. The van der Waals surface area contributed by atoms with Crippen LogP contribution in [0.4, 0.5) is 13.2 Å². The summed E-state index contributed by atoms with van der Waals surface area (Å²) in [5.74, 6) is -4.17. The van der Waals surface area contributed by atoms with Crippen LogP contribution in [0.25, 0.3) is 0 Å². The first kappa shape index (κ1) is 14.9. The van der Waals surface area contributed by atoms with E-state index < -0.39 is 35.7 Å². The van der Waals surface area contributed by atoms with Gasteiger partial charge in [-0.15, -0.1) is 0 Å². The van der Waals surface area contributed by atoms with Crippen molar-refractivity contribution < 1.29 is 27.9 Å². The van der Waals surface area contributed by atoms with E-state index in [1.807, 2.05) is 0 Å². The molecule has 118 valence electrons. The molecule has 3 rings (SSSR count). The third kappa shape index (κ3) is 2.44. The molecule has 1 saturated carbocycles. The molecule has 1 N–H and O–H groups in total. The quantitative estimate of drug-likeness (QED) is 0.929. The van der Waals surface area contributed by atoms with Gasteiger partial charge in [-0.05, 0) is 24.0 Å². The second kappa shape index (κ2) is 5.00. The number of aliphatic carboxylic acids is 1. The molecule has 22 heavy (non-hydrogen) atoms. The molecule has 1 heterocycles. The standard InChI is InChI=1S/C15H14F3NO3/c16-8-1-2-9(12(17)5-8)10-6-11(10)13(20)19-4-3-15(18,7-19)14(21)22/h1-2,5,10-11H,3-4,6-7H2,(H,21,22). The Bertz CT molecular complexity index is 651. The van der Waals surface area contributed by atoms with Gasteiger partial charge in [0, 0.05) is 24.9 Å². The molecule has 1 aromatic rings. The average Bonchev–Trinajstić information content (AvgIpc) is 3.12. The SMILES string of the molecule is O=C(C1CC1c1ccc(F)cc1F)N1CCC(F)(C(=O)O)C1. The summed E-state index contributed by atoms with van der Waals surface area (Å²) in [6, 6.07) is 3.20. The number of halogens is 3. The minimum Gasteiger partial charge on any atom is -0.479 e. The summed E-state index contributed by atoms with van der Waals surface area (Å²) in [7, 11) is 0. The van der Waals surface area contributed by atoms with E-state index in [-0.39, 0.29) is 30.4 Å². The van der Waals surface area contributed by atoms with E-state index in [9.17, 15) is 22.8 Å². The molecule has 2 aliphatic rings. The second-order valence-electron chi connectivity index (χ2n) is 5.89. The third-order valence-corrected chi connectivity index (χ3v) is 4.38. The molecular formula is C15H14F3NO3. The molecule has 4 nitrogen and oxygen atoms in total. The topological polar surface area (TPSA) is 57.6 Å². The van der Waals surface area contributed by atoms with Crippen molar-refractivity contribution in [1.29, 1.82) is 0 Å². The van der Waals surface area contributed by atoms with Crippen molar-refractivity contribution in [2.45, 2.75) is 24.4 Å². The summed E-state index contributed by atoms with van der Waals surface area (Å²) in [5.41, 5.74) is -2.13. The van der Waals surface area contributed by atoms with Gasteiger partial charge in [0.1, 0.15) is 11.6 Å². The molecule has 1 saturated heterocycles. The molecular weight excluding hydrogens is 299 g/mol. The third-order valence-electron chi connectivity index (χ3n) is 4.38. The van der Waals surface area contributed by atoms with E-state index in [4.69, 9.17) is 5.11 Å². The minimum absolute atomic E-state index is 0.0384. The van der Waals surface area contributed by atoms with Gasteiger partial charge in [0.2, 0.25) is 11.6 Å². The van der Waals surface area contributed by atoms with E-state index in [0.29, 0.717) is 6.42 Å². The summed E-state index contributed by atoms with van der Waals surface area (Å²) >= 11 is 0. The highest BCUT2D eigenvalue weighted by atomic mass is 19.1. The van der Waals surface area contributed by atoms with E-state index >= 15 is 0 Å². The van der Waals surface area contributed by atoms with Gasteiger partial charge in [-0.1, -0.05) is 6.07 Å². The molecule has 3 atom stereocenters. The fourth-order valence-corrected chi connectivity index (χ4v) is 2.98. The Morgan fingerprint density at radius 1 is 1.32 bits per heavy atom. The number of rotatable bonds is 3. The van der Waals surface area contributed by atoms with Gasteiger partial charge in [-0.25, -0.2) is 18.0 Å². The zero-order chi connectivity index (χ0) is 16.1. The molecule has 1 aromatic carbocycles. The molecule has 1 aliphatic heterocycles. The first-order valence-electron chi connectivity index (χ1n) is 6.98. The lowest BCUT2D eigenvalue weighted by Gasteiger charge is -2.17. The highest BCUT2D eigenvalue weighted by Gasteiger charge is 2.52. The maximum Gasteiger partial charge on any atom is 0.343 e. The van der Waals surface area contributed by atoms with Gasteiger partial charge < -0.3 is 10.0 Å². The smallest absolute Gasteiger partial charge is 0.343 e. The van der Waals surface area contributed by atoms with Crippen molar-refractivity contribution in [3.63, 3.8) is 0 Å². The predicted molar refractivity (Wildman–Crippen MR) is 69.9 cm³/mol. The maximum atomic E-state index is 14.0. The number of nitrogens with zero attached hydrogens (tertiary/aromatic N) is 1. The second-order valence-corrected chi connectivity index (χ2v) is 5.89. The summed E-state index contributed by atoms with van der Waals surface area (Å²) in [4.78, 5) is 24.3. The summed E-state index contributed by atoms with van der Waals surface area (Å²) in [6.07, 6.45) is 0.167. The summed E-state index contributed by atoms with van der Waals surface area (Å²) in [5, 5.41) is 8.82. The van der Waals surface area contributed by atoms with Gasteiger partial charge in [0.05, 0.1) is 6.54 Å². The highest BCUT2D eigenvalue weighted by Crippen LogP contribution is 2.50. The molecule has 0 spiro atoms. The van der Waals surface area contributed by atoms with Crippen molar-refractivity contribution in [3.8, 4) is 0 Å². The van der Waals surface area contributed by atoms with E-state index in [1.54, 1.807) is 0 Å². The molecule has 0 bridgehead atoms. The number of hydrogen-bond acceptors (Lipinski definition) is 2. The Hall–Kier alpha value is -2.05. The lowest BCUT2D eigenvalue weighted by molar-refractivity contribution is -0.150. The van der Waals surface area contributed by atoms with Crippen LogP contribution >= 0.6 is 0 Å². The van der Waals surface area contributed by atoms with Crippen LogP contribution in [0, 0.1) is 17.6 Å². The van der Waals surface area contributed by atoms with E-state index in [0.717, 1.165) is 12.1 Å². The maximum absolute atomic E-state index is 14.0. The fraction of sp³-hybridized carbons (Fsp3) is 0.467. The number of carboxylic acids is 1. The average molecular weight is 313 g/mol. The number of hydrogen-bond donors (Lipinski definition) is 1. The van der Waals surface area contributed by atoms with Gasteiger partial charge in [0.15, 0.2) is 0 Å². The number of alkyl halides is 1.